The van der Waals surface area contributed by atoms with Crippen LogP contribution in [0.4, 0.5) is 4.39 Å². The standard InChI is InChI=1S/C23H31FN4OS/c1-16(19-13-17-8-9-18(19)12-17)28-22(14-29-21-7-3-2-6-20(21)24)25-27(23(28)30)15-26-10-4-5-11-26/h2-3,6-7,16-19H,4-5,8-15H2,1H3/t16-,17-,18+,19-/m1/s1. The summed E-state index contributed by atoms with van der Waals surface area (Å²) in [4.78, 5) is 2.40. The molecule has 0 unspecified atom stereocenters. The fraction of sp³-hybridized carbons (Fsp3) is 0.652. The third-order valence-electron chi connectivity index (χ3n) is 7.49. The van der Waals surface area contributed by atoms with Gasteiger partial charge < -0.3 is 4.74 Å². The van der Waals surface area contributed by atoms with E-state index in [1.165, 1.54) is 44.6 Å². The lowest BCUT2D eigenvalue weighted by Crippen LogP contribution is -2.25. The molecule has 3 aliphatic rings. The van der Waals surface area contributed by atoms with Gasteiger partial charge in [0.15, 0.2) is 22.2 Å². The van der Waals surface area contributed by atoms with Crippen LogP contribution in [0.2, 0.25) is 0 Å². The summed E-state index contributed by atoms with van der Waals surface area (Å²) in [6, 6.07) is 6.83. The van der Waals surface area contributed by atoms with E-state index >= 15 is 0 Å². The van der Waals surface area contributed by atoms with Gasteiger partial charge in [0.25, 0.3) is 0 Å². The Balaban J connectivity index is 1.42. The van der Waals surface area contributed by atoms with Crippen molar-refractivity contribution in [3.63, 3.8) is 0 Å². The summed E-state index contributed by atoms with van der Waals surface area (Å²) in [7, 11) is 0. The van der Waals surface area contributed by atoms with Gasteiger partial charge in [-0.25, -0.2) is 9.07 Å². The summed E-state index contributed by atoms with van der Waals surface area (Å²) in [5, 5.41) is 4.86. The monoisotopic (exact) mass is 430 g/mol. The van der Waals surface area contributed by atoms with Crippen molar-refractivity contribution in [1.29, 1.82) is 0 Å². The van der Waals surface area contributed by atoms with Crippen molar-refractivity contribution in [1.82, 2.24) is 19.2 Å². The van der Waals surface area contributed by atoms with Crippen molar-refractivity contribution in [2.45, 2.75) is 64.8 Å². The quantitative estimate of drug-likeness (QED) is 0.567. The van der Waals surface area contributed by atoms with E-state index < -0.39 is 0 Å². The predicted octanol–water partition coefficient (Wildman–Crippen LogP) is 5.18. The second-order valence-electron chi connectivity index (χ2n) is 9.33. The molecule has 0 N–H and O–H groups in total. The Kier molecular flexibility index (Phi) is 5.67. The number of aromatic nitrogens is 3. The Morgan fingerprint density at radius 2 is 2.00 bits per heavy atom. The molecule has 4 atom stereocenters. The molecule has 1 aromatic carbocycles. The van der Waals surface area contributed by atoms with E-state index in [0.29, 0.717) is 12.0 Å². The average Bonchev–Trinajstić information content (AvgIpc) is 3.53. The van der Waals surface area contributed by atoms with E-state index in [9.17, 15) is 4.39 Å². The van der Waals surface area contributed by atoms with E-state index in [0.717, 1.165) is 42.2 Å². The predicted molar refractivity (Wildman–Crippen MR) is 116 cm³/mol. The molecule has 5 rings (SSSR count). The van der Waals surface area contributed by atoms with Gasteiger partial charge in [-0.1, -0.05) is 18.6 Å². The van der Waals surface area contributed by atoms with Gasteiger partial charge in [-0.3, -0.25) is 9.47 Å². The fourth-order valence-corrected chi connectivity index (χ4v) is 6.33. The Bertz CT molecular complexity index is 951. The van der Waals surface area contributed by atoms with Crippen molar-refractivity contribution in [3.05, 3.63) is 40.7 Å². The maximum atomic E-state index is 14.1. The molecule has 2 aromatic rings. The van der Waals surface area contributed by atoms with E-state index in [1.54, 1.807) is 18.2 Å². The summed E-state index contributed by atoms with van der Waals surface area (Å²) in [6.07, 6.45) is 7.86. The summed E-state index contributed by atoms with van der Waals surface area (Å²) >= 11 is 5.91. The topological polar surface area (TPSA) is 35.2 Å². The third-order valence-corrected chi connectivity index (χ3v) is 7.89. The Labute approximate surface area is 182 Å². The molecule has 30 heavy (non-hydrogen) atoms. The van der Waals surface area contributed by atoms with Crippen LogP contribution in [0, 0.1) is 28.3 Å². The van der Waals surface area contributed by atoms with Gasteiger partial charge in [0.05, 0.1) is 6.67 Å². The molecule has 0 amide bonds. The van der Waals surface area contributed by atoms with E-state index in [4.69, 9.17) is 22.1 Å². The number of fused-ring (bicyclic) bond motifs is 2. The zero-order chi connectivity index (χ0) is 20.7. The molecular weight excluding hydrogens is 399 g/mol. The summed E-state index contributed by atoms with van der Waals surface area (Å²) in [5.74, 6) is 3.05. The van der Waals surface area contributed by atoms with Gasteiger partial charge in [-0.15, -0.1) is 0 Å². The molecule has 0 radical (unpaired) electrons. The lowest BCUT2D eigenvalue weighted by atomic mass is 9.84. The number of likely N-dealkylation sites (tertiary alicyclic amines) is 1. The van der Waals surface area contributed by atoms with Crippen molar-refractivity contribution < 1.29 is 9.13 Å². The lowest BCUT2D eigenvalue weighted by Gasteiger charge is -2.29. The van der Waals surface area contributed by atoms with Crippen LogP contribution in [-0.4, -0.2) is 32.3 Å². The highest BCUT2D eigenvalue weighted by Gasteiger charge is 2.43. The molecule has 2 bridgehead atoms. The van der Waals surface area contributed by atoms with E-state index in [1.807, 2.05) is 4.68 Å². The second-order valence-corrected chi connectivity index (χ2v) is 9.70. The first kappa shape index (κ1) is 20.2. The van der Waals surface area contributed by atoms with Crippen molar-refractivity contribution in [2.75, 3.05) is 13.1 Å². The zero-order valence-electron chi connectivity index (χ0n) is 17.7. The molecule has 2 aliphatic carbocycles. The minimum atomic E-state index is -0.347. The molecule has 1 saturated heterocycles. The SMILES string of the molecule is C[C@H]([C@H]1C[C@@H]2CC[C@H]1C2)n1c(COc2ccccc2F)nn(CN2CCCC2)c1=S. The minimum Gasteiger partial charge on any atom is -0.483 e. The van der Waals surface area contributed by atoms with Crippen molar-refractivity contribution in [3.8, 4) is 5.75 Å². The highest BCUT2D eigenvalue weighted by atomic mass is 32.1. The van der Waals surface area contributed by atoms with Crippen LogP contribution in [0.25, 0.3) is 0 Å². The second kappa shape index (κ2) is 8.42. The van der Waals surface area contributed by atoms with Gasteiger partial charge in [0.2, 0.25) is 0 Å². The normalized spacial score (nSPS) is 27.1. The summed E-state index contributed by atoms with van der Waals surface area (Å²) in [6.45, 7) is 5.43. The van der Waals surface area contributed by atoms with Gasteiger partial charge in [-0.2, -0.15) is 5.10 Å². The highest BCUT2D eigenvalue weighted by molar-refractivity contribution is 7.71. The molecule has 2 saturated carbocycles. The van der Waals surface area contributed by atoms with E-state index in [-0.39, 0.29) is 18.2 Å². The maximum absolute atomic E-state index is 14.1. The number of nitrogens with zero attached hydrogens (tertiary/aromatic N) is 4. The Morgan fingerprint density at radius 1 is 1.20 bits per heavy atom. The highest BCUT2D eigenvalue weighted by Crippen LogP contribution is 2.52. The largest absolute Gasteiger partial charge is 0.483 e. The van der Waals surface area contributed by atoms with Gasteiger partial charge >= 0.3 is 0 Å². The van der Waals surface area contributed by atoms with Crippen LogP contribution in [-0.2, 0) is 13.3 Å². The first-order chi connectivity index (χ1) is 14.6. The molecule has 162 valence electrons. The number of rotatable bonds is 7. The molecule has 2 heterocycles. The van der Waals surface area contributed by atoms with Crippen LogP contribution < -0.4 is 4.74 Å². The number of ether oxygens (including phenoxy) is 1. The Hall–Kier alpha value is -1.73. The summed E-state index contributed by atoms with van der Waals surface area (Å²) in [5.41, 5.74) is 0. The molecular formula is C23H31FN4OS. The van der Waals surface area contributed by atoms with Crippen LogP contribution in [0.5, 0.6) is 5.75 Å². The number of benzene rings is 1. The van der Waals surface area contributed by atoms with Crippen LogP contribution >= 0.6 is 12.2 Å². The van der Waals surface area contributed by atoms with Crippen LogP contribution in [0.3, 0.4) is 0 Å². The lowest BCUT2D eigenvalue weighted by molar-refractivity contribution is 0.221. The van der Waals surface area contributed by atoms with Crippen LogP contribution in [0.1, 0.15) is 57.3 Å². The fourth-order valence-electron chi connectivity index (χ4n) is 5.96. The number of para-hydroxylation sites is 1. The number of halogens is 1. The van der Waals surface area contributed by atoms with Gasteiger partial charge in [-0.05, 0) is 94.2 Å². The first-order valence-corrected chi connectivity index (χ1v) is 11.8. The van der Waals surface area contributed by atoms with Crippen molar-refractivity contribution in [2.24, 2.45) is 17.8 Å². The summed E-state index contributed by atoms with van der Waals surface area (Å²) < 4.78 is 24.8. The van der Waals surface area contributed by atoms with E-state index in [2.05, 4.69) is 16.4 Å². The molecule has 3 fully saturated rings. The third kappa shape index (κ3) is 3.82. The molecule has 1 aromatic heterocycles. The number of hydrogen-bond acceptors (Lipinski definition) is 4. The van der Waals surface area contributed by atoms with Gasteiger partial charge in [0.1, 0.15) is 6.61 Å². The first-order valence-electron chi connectivity index (χ1n) is 11.4. The molecule has 0 spiro atoms. The molecule has 5 nitrogen and oxygen atoms in total. The Morgan fingerprint density at radius 3 is 2.70 bits per heavy atom. The van der Waals surface area contributed by atoms with Crippen molar-refractivity contribution >= 4 is 12.2 Å². The maximum Gasteiger partial charge on any atom is 0.199 e. The average molecular weight is 431 g/mol. The molecule has 7 heteroatoms. The number of hydrogen-bond donors (Lipinski definition) is 0. The zero-order valence-corrected chi connectivity index (χ0v) is 18.5. The van der Waals surface area contributed by atoms with Crippen LogP contribution in [0.15, 0.2) is 24.3 Å². The minimum absolute atomic E-state index is 0.225. The smallest absolute Gasteiger partial charge is 0.199 e. The van der Waals surface area contributed by atoms with Gasteiger partial charge in [0, 0.05) is 6.04 Å². The molecule has 1 aliphatic heterocycles.